The number of unbranched alkanes of at least 4 members (excludes halogenated alkanes) is 2. The zero-order valence-corrected chi connectivity index (χ0v) is 18.4. The standard InChI is InChI=1S/C27H31N3O/c1-2-3-4-5-21-16-25-24-17-23(10-11-26(24)29-27(25)28-18-21)22-8-6-20(7-9-22)19-30-12-14-31-15-13-30/h6-11,16-18H,2-5,12-15,19H2,1H3,(H,28,29). The van der Waals surface area contributed by atoms with Crippen LogP contribution in [0.2, 0.25) is 0 Å². The number of aromatic nitrogens is 2. The first-order chi connectivity index (χ1) is 15.3. The van der Waals surface area contributed by atoms with Crippen LogP contribution >= 0.6 is 0 Å². The van der Waals surface area contributed by atoms with Crippen molar-refractivity contribution in [2.45, 2.75) is 39.2 Å². The summed E-state index contributed by atoms with van der Waals surface area (Å²) in [6.07, 6.45) is 6.89. The summed E-state index contributed by atoms with van der Waals surface area (Å²) in [7, 11) is 0. The molecule has 0 unspecified atom stereocenters. The van der Waals surface area contributed by atoms with E-state index in [9.17, 15) is 0 Å². The molecule has 0 amide bonds. The summed E-state index contributed by atoms with van der Waals surface area (Å²) in [5.74, 6) is 0. The molecule has 0 aliphatic carbocycles. The van der Waals surface area contributed by atoms with Crippen molar-refractivity contribution in [1.29, 1.82) is 0 Å². The molecule has 4 nitrogen and oxygen atoms in total. The Kier molecular flexibility index (Phi) is 6.01. The van der Waals surface area contributed by atoms with Gasteiger partial charge in [0.25, 0.3) is 0 Å². The first-order valence-electron chi connectivity index (χ1n) is 11.6. The minimum absolute atomic E-state index is 0.845. The topological polar surface area (TPSA) is 41.2 Å². The van der Waals surface area contributed by atoms with E-state index in [0.717, 1.165) is 50.4 Å². The summed E-state index contributed by atoms with van der Waals surface area (Å²) >= 11 is 0. The van der Waals surface area contributed by atoms with Crippen molar-refractivity contribution >= 4 is 21.9 Å². The summed E-state index contributed by atoms with van der Waals surface area (Å²) in [6.45, 7) is 6.98. The fourth-order valence-corrected chi connectivity index (χ4v) is 4.53. The van der Waals surface area contributed by atoms with Crippen molar-refractivity contribution in [3.05, 3.63) is 65.9 Å². The van der Waals surface area contributed by atoms with Gasteiger partial charge in [-0.25, -0.2) is 4.98 Å². The number of morpholine rings is 1. The third-order valence-electron chi connectivity index (χ3n) is 6.37. The molecule has 1 saturated heterocycles. The molecule has 2 aromatic carbocycles. The van der Waals surface area contributed by atoms with Gasteiger partial charge in [-0.15, -0.1) is 0 Å². The van der Waals surface area contributed by atoms with Gasteiger partial charge in [0.15, 0.2) is 0 Å². The highest BCUT2D eigenvalue weighted by molar-refractivity contribution is 6.07. The maximum absolute atomic E-state index is 5.46. The lowest BCUT2D eigenvalue weighted by Gasteiger charge is -2.26. The van der Waals surface area contributed by atoms with Crippen molar-refractivity contribution in [2.24, 2.45) is 0 Å². The van der Waals surface area contributed by atoms with Gasteiger partial charge in [-0.2, -0.15) is 0 Å². The zero-order valence-electron chi connectivity index (χ0n) is 18.4. The smallest absolute Gasteiger partial charge is 0.138 e. The van der Waals surface area contributed by atoms with Crippen molar-refractivity contribution < 1.29 is 4.74 Å². The van der Waals surface area contributed by atoms with Gasteiger partial charge in [0, 0.05) is 42.1 Å². The van der Waals surface area contributed by atoms with Crippen LogP contribution in [0.1, 0.15) is 37.3 Å². The van der Waals surface area contributed by atoms with Crippen molar-refractivity contribution in [3.8, 4) is 11.1 Å². The van der Waals surface area contributed by atoms with Crippen LogP contribution in [0.3, 0.4) is 0 Å². The molecule has 0 atom stereocenters. The Bertz CT molecular complexity index is 1160. The SMILES string of the molecule is CCCCCc1cnc2[nH]c3ccc(-c4ccc(CN5CCOCC5)cc4)cc3c2c1. The molecule has 160 valence electrons. The lowest BCUT2D eigenvalue weighted by molar-refractivity contribution is 0.0342. The molecule has 3 heterocycles. The number of nitrogens with one attached hydrogen (secondary N) is 1. The Hall–Kier alpha value is -2.69. The summed E-state index contributed by atoms with van der Waals surface area (Å²) in [6, 6.07) is 18.0. The number of hydrogen-bond acceptors (Lipinski definition) is 3. The third kappa shape index (κ3) is 4.51. The molecule has 4 aromatic rings. The summed E-state index contributed by atoms with van der Waals surface area (Å²) in [4.78, 5) is 10.6. The number of benzene rings is 2. The molecule has 0 radical (unpaired) electrons. The van der Waals surface area contributed by atoms with Gasteiger partial charge < -0.3 is 9.72 Å². The number of ether oxygens (including phenoxy) is 1. The molecule has 1 N–H and O–H groups in total. The minimum atomic E-state index is 0.845. The molecular weight excluding hydrogens is 382 g/mol. The Morgan fingerprint density at radius 2 is 1.71 bits per heavy atom. The molecule has 1 aliphatic heterocycles. The van der Waals surface area contributed by atoms with Crippen LogP contribution < -0.4 is 0 Å². The Labute approximate surface area is 184 Å². The van der Waals surface area contributed by atoms with Gasteiger partial charge in [0.1, 0.15) is 5.65 Å². The van der Waals surface area contributed by atoms with E-state index in [0.29, 0.717) is 0 Å². The predicted molar refractivity (Wildman–Crippen MR) is 128 cm³/mol. The number of pyridine rings is 1. The van der Waals surface area contributed by atoms with E-state index in [1.165, 1.54) is 52.3 Å². The van der Waals surface area contributed by atoms with Crippen molar-refractivity contribution in [2.75, 3.05) is 26.3 Å². The first kappa shape index (κ1) is 20.2. The van der Waals surface area contributed by atoms with Crippen LogP contribution in [0.5, 0.6) is 0 Å². The Morgan fingerprint density at radius 1 is 0.903 bits per heavy atom. The van der Waals surface area contributed by atoms with E-state index < -0.39 is 0 Å². The number of fused-ring (bicyclic) bond motifs is 3. The Balaban J connectivity index is 1.40. The van der Waals surface area contributed by atoms with Gasteiger partial charge in [0.2, 0.25) is 0 Å². The van der Waals surface area contributed by atoms with E-state index in [2.05, 4.69) is 65.3 Å². The van der Waals surface area contributed by atoms with Crippen LogP contribution in [0.25, 0.3) is 33.1 Å². The number of aryl methyl sites for hydroxylation is 1. The number of rotatable bonds is 7. The number of aromatic amines is 1. The summed E-state index contributed by atoms with van der Waals surface area (Å²) in [5.41, 5.74) is 7.34. The molecule has 2 aromatic heterocycles. The lowest BCUT2D eigenvalue weighted by atomic mass is 10.0. The van der Waals surface area contributed by atoms with Crippen molar-refractivity contribution in [3.63, 3.8) is 0 Å². The molecule has 5 rings (SSSR count). The van der Waals surface area contributed by atoms with Crippen LogP contribution in [0.15, 0.2) is 54.7 Å². The zero-order chi connectivity index (χ0) is 21.0. The first-order valence-corrected chi connectivity index (χ1v) is 11.6. The van der Waals surface area contributed by atoms with E-state index in [-0.39, 0.29) is 0 Å². The van der Waals surface area contributed by atoms with Crippen LogP contribution in [0.4, 0.5) is 0 Å². The molecule has 0 spiro atoms. The summed E-state index contributed by atoms with van der Waals surface area (Å²) < 4.78 is 5.46. The second-order valence-electron chi connectivity index (χ2n) is 8.67. The van der Waals surface area contributed by atoms with Gasteiger partial charge in [-0.05, 0) is 53.3 Å². The minimum Gasteiger partial charge on any atom is -0.379 e. The fourth-order valence-electron chi connectivity index (χ4n) is 4.53. The highest BCUT2D eigenvalue weighted by atomic mass is 16.5. The van der Waals surface area contributed by atoms with E-state index in [4.69, 9.17) is 9.72 Å². The molecule has 1 aliphatic rings. The molecule has 0 bridgehead atoms. The molecular formula is C27H31N3O. The van der Waals surface area contributed by atoms with E-state index in [1.807, 2.05) is 6.20 Å². The number of nitrogens with zero attached hydrogens (tertiary/aromatic N) is 2. The fraction of sp³-hybridized carbons (Fsp3) is 0.370. The molecule has 4 heteroatoms. The van der Waals surface area contributed by atoms with Crippen LogP contribution in [-0.2, 0) is 17.7 Å². The maximum Gasteiger partial charge on any atom is 0.138 e. The molecule has 31 heavy (non-hydrogen) atoms. The van der Waals surface area contributed by atoms with E-state index in [1.54, 1.807) is 0 Å². The monoisotopic (exact) mass is 413 g/mol. The van der Waals surface area contributed by atoms with Crippen LogP contribution in [-0.4, -0.2) is 41.2 Å². The second-order valence-corrected chi connectivity index (χ2v) is 8.67. The highest BCUT2D eigenvalue weighted by Crippen LogP contribution is 2.30. The van der Waals surface area contributed by atoms with Crippen molar-refractivity contribution in [1.82, 2.24) is 14.9 Å². The second kappa shape index (κ2) is 9.21. The average Bonchev–Trinajstić information content (AvgIpc) is 3.18. The van der Waals surface area contributed by atoms with Gasteiger partial charge in [0.05, 0.1) is 13.2 Å². The number of hydrogen-bond donors (Lipinski definition) is 1. The summed E-state index contributed by atoms with van der Waals surface area (Å²) in [5, 5.41) is 2.49. The van der Waals surface area contributed by atoms with Crippen LogP contribution in [0, 0.1) is 0 Å². The largest absolute Gasteiger partial charge is 0.379 e. The van der Waals surface area contributed by atoms with Gasteiger partial charge in [-0.1, -0.05) is 50.1 Å². The van der Waals surface area contributed by atoms with Gasteiger partial charge >= 0.3 is 0 Å². The molecule has 1 fully saturated rings. The molecule has 0 saturated carbocycles. The normalized spacial score (nSPS) is 15.1. The highest BCUT2D eigenvalue weighted by Gasteiger charge is 2.11. The van der Waals surface area contributed by atoms with E-state index >= 15 is 0 Å². The lowest BCUT2D eigenvalue weighted by Crippen LogP contribution is -2.35. The Morgan fingerprint density at radius 3 is 2.52 bits per heavy atom. The maximum atomic E-state index is 5.46. The quantitative estimate of drug-likeness (QED) is 0.381. The predicted octanol–water partition coefficient (Wildman–Crippen LogP) is 5.95. The number of H-pyrrole nitrogens is 1. The average molecular weight is 414 g/mol. The van der Waals surface area contributed by atoms with Gasteiger partial charge in [-0.3, -0.25) is 4.90 Å². The third-order valence-corrected chi connectivity index (χ3v) is 6.37.